The molecule has 12 heavy (non-hydrogen) atoms. The molecule has 1 saturated carbocycles. The molecule has 0 unspecified atom stereocenters. The van der Waals surface area contributed by atoms with Crippen LogP contribution in [0.15, 0.2) is 0 Å². The Bertz CT molecular complexity index is 273. The van der Waals surface area contributed by atoms with Crippen molar-refractivity contribution < 1.29 is 4.79 Å². The zero-order valence-corrected chi connectivity index (χ0v) is 6.76. The number of nitriles is 1. The standard InChI is InChI=1S/C8H11N3O/c9-5-8(10)3-7(4-8)1-2-11-6(7)12/h1-4,10H2,(H,11,12). The number of nitrogens with zero attached hydrogens (tertiary/aromatic N) is 1. The van der Waals surface area contributed by atoms with Crippen molar-refractivity contribution in [3.8, 4) is 6.07 Å². The van der Waals surface area contributed by atoms with Crippen molar-refractivity contribution >= 4 is 5.91 Å². The number of carbonyl (C=O) groups is 1. The third kappa shape index (κ3) is 0.772. The summed E-state index contributed by atoms with van der Waals surface area (Å²) in [4.78, 5) is 11.3. The monoisotopic (exact) mass is 165 g/mol. The highest BCUT2D eigenvalue weighted by Crippen LogP contribution is 2.51. The molecule has 2 fully saturated rings. The topological polar surface area (TPSA) is 78.9 Å². The van der Waals surface area contributed by atoms with Crippen molar-refractivity contribution in [2.75, 3.05) is 6.54 Å². The highest BCUT2D eigenvalue weighted by Gasteiger charge is 2.59. The number of nitrogens with one attached hydrogen (secondary N) is 1. The van der Waals surface area contributed by atoms with E-state index >= 15 is 0 Å². The lowest BCUT2D eigenvalue weighted by Gasteiger charge is -2.46. The van der Waals surface area contributed by atoms with Gasteiger partial charge in [0.25, 0.3) is 0 Å². The van der Waals surface area contributed by atoms with Crippen molar-refractivity contribution in [1.82, 2.24) is 5.32 Å². The van der Waals surface area contributed by atoms with Crippen LogP contribution in [-0.4, -0.2) is 18.0 Å². The molecular weight excluding hydrogens is 154 g/mol. The predicted molar refractivity (Wildman–Crippen MR) is 41.8 cm³/mol. The second-order valence-electron chi connectivity index (χ2n) is 3.91. The molecule has 4 nitrogen and oxygen atoms in total. The summed E-state index contributed by atoms with van der Waals surface area (Å²) in [5, 5.41) is 11.4. The molecule has 1 amide bonds. The number of hydrogen-bond donors (Lipinski definition) is 2. The summed E-state index contributed by atoms with van der Waals surface area (Å²) in [5.41, 5.74) is 4.66. The van der Waals surface area contributed by atoms with Gasteiger partial charge in [-0.3, -0.25) is 4.79 Å². The molecule has 4 heteroatoms. The van der Waals surface area contributed by atoms with E-state index in [1.54, 1.807) is 0 Å². The van der Waals surface area contributed by atoms with Crippen molar-refractivity contribution in [2.24, 2.45) is 11.1 Å². The third-order valence-corrected chi connectivity index (χ3v) is 2.90. The Balaban J connectivity index is 2.13. The number of rotatable bonds is 0. The van der Waals surface area contributed by atoms with Crippen LogP contribution in [0.25, 0.3) is 0 Å². The molecule has 1 aliphatic heterocycles. The lowest BCUT2D eigenvalue weighted by molar-refractivity contribution is -0.134. The van der Waals surface area contributed by atoms with Crippen LogP contribution in [0.3, 0.4) is 0 Å². The summed E-state index contributed by atoms with van der Waals surface area (Å²) in [6.45, 7) is 0.736. The van der Waals surface area contributed by atoms with E-state index in [1.807, 2.05) is 6.07 Å². The van der Waals surface area contributed by atoms with Crippen LogP contribution in [0.5, 0.6) is 0 Å². The molecular formula is C8H11N3O. The van der Waals surface area contributed by atoms with Crippen LogP contribution in [0.2, 0.25) is 0 Å². The van der Waals surface area contributed by atoms with Gasteiger partial charge in [-0.1, -0.05) is 0 Å². The van der Waals surface area contributed by atoms with E-state index in [0.717, 1.165) is 13.0 Å². The van der Waals surface area contributed by atoms with Gasteiger partial charge in [0.2, 0.25) is 5.91 Å². The zero-order chi connectivity index (χ0) is 8.82. The number of nitrogens with two attached hydrogens (primary N) is 1. The number of carbonyl (C=O) groups excluding carboxylic acids is 1. The molecule has 0 bridgehead atoms. The average Bonchev–Trinajstić information content (AvgIpc) is 2.32. The van der Waals surface area contributed by atoms with Crippen LogP contribution in [0, 0.1) is 16.7 Å². The van der Waals surface area contributed by atoms with E-state index in [-0.39, 0.29) is 11.3 Å². The maximum absolute atomic E-state index is 11.3. The molecule has 2 aliphatic rings. The smallest absolute Gasteiger partial charge is 0.226 e. The van der Waals surface area contributed by atoms with Gasteiger partial charge in [0.05, 0.1) is 11.5 Å². The molecule has 1 saturated heterocycles. The second-order valence-corrected chi connectivity index (χ2v) is 3.91. The fraction of sp³-hybridized carbons (Fsp3) is 0.750. The van der Waals surface area contributed by atoms with E-state index in [4.69, 9.17) is 11.0 Å². The third-order valence-electron chi connectivity index (χ3n) is 2.90. The van der Waals surface area contributed by atoms with Crippen LogP contribution >= 0.6 is 0 Å². The molecule has 2 rings (SSSR count). The minimum atomic E-state index is -0.734. The summed E-state index contributed by atoms with van der Waals surface area (Å²) in [6, 6.07) is 2.05. The molecule has 64 valence electrons. The van der Waals surface area contributed by atoms with Gasteiger partial charge in [-0.25, -0.2) is 0 Å². The van der Waals surface area contributed by atoms with Gasteiger partial charge in [0.15, 0.2) is 0 Å². The summed E-state index contributed by atoms with van der Waals surface area (Å²) in [7, 11) is 0. The van der Waals surface area contributed by atoms with Crippen LogP contribution < -0.4 is 11.1 Å². The van der Waals surface area contributed by atoms with E-state index in [9.17, 15) is 4.79 Å². The van der Waals surface area contributed by atoms with Crippen LogP contribution in [-0.2, 0) is 4.79 Å². The number of hydrogen-bond acceptors (Lipinski definition) is 3. The Labute approximate surface area is 70.7 Å². The number of amides is 1. The molecule has 0 aromatic carbocycles. The maximum Gasteiger partial charge on any atom is 0.226 e. The quantitative estimate of drug-likeness (QED) is 0.508. The molecule has 0 atom stereocenters. The largest absolute Gasteiger partial charge is 0.356 e. The fourth-order valence-electron chi connectivity index (χ4n) is 2.29. The van der Waals surface area contributed by atoms with Crippen molar-refractivity contribution in [2.45, 2.75) is 24.8 Å². The Morgan fingerprint density at radius 1 is 1.58 bits per heavy atom. The molecule has 1 aliphatic carbocycles. The summed E-state index contributed by atoms with van der Waals surface area (Å²) < 4.78 is 0. The second kappa shape index (κ2) is 1.99. The SMILES string of the molecule is N#CC1(N)CC2(CCNC2=O)C1. The zero-order valence-electron chi connectivity index (χ0n) is 6.76. The fourth-order valence-corrected chi connectivity index (χ4v) is 2.29. The molecule has 3 N–H and O–H groups in total. The lowest BCUT2D eigenvalue weighted by atomic mass is 9.57. The first-order valence-corrected chi connectivity index (χ1v) is 4.09. The van der Waals surface area contributed by atoms with Crippen molar-refractivity contribution in [3.05, 3.63) is 0 Å². The van der Waals surface area contributed by atoms with Crippen molar-refractivity contribution in [3.63, 3.8) is 0 Å². The van der Waals surface area contributed by atoms with Gasteiger partial charge in [-0.15, -0.1) is 0 Å². The highest BCUT2D eigenvalue weighted by molar-refractivity contribution is 5.86. The first-order chi connectivity index (χ1) is 5.60. The Morgan fingerprint density at radius 2 is 2.25 bits per heavy atom. The maximum atomic E-state index is 11.3. The predicted octanol–water partition coefficient (Wildman–Crippen LogP) is -0.492. The lowest BCUT2D eigenvalue weighted by Crippen LogP contribution is -2.59. The summed E-state index contributed by atoms with van der Waals surface area (Å²) in [5.74, 6) is 0.0822. The van der Waals surface area contributed by atoms with E-state index in [2.05, 4.69) is 5.32 Å². The van der Waals surface area contributed by atoms with E-state index in [1.165, 1.54) is 0 Å². The van der Waals surface area contributed by atoms with Crippen LogP contribution in [0.4, 0.5) is 0 Å². The van der Waals surface area contributed by atoms with E-state index < -0.39 is 5.54 Å². The van der Waals surface area contributed by atoms with Gasteiger partial charge < -0.3 is 11.1 Å². The molecule has 0 aromatic heterocycles. The Hall–Kier alpha value is -1.08. The first-order valence-electron chi connectivity index (χ1n) is 4.09. The summed E-state index contributed by atoms with van der Waals surface area (Å²) >= 11 is 0. The van der Waals surface area contributed by atoms with Gasteiger partial charge in [-0.05, 0) is 19.3 Å². The van der Waals surface area contributed by atoms with Crippen molar-refractivity contribution in [1.29, 1.82) is 5.26 Å². The Morgan fingerprint density at radius 3 is 2.67 bits per heavy atom. The molecule has 0 radical (unpaired) electrons. The minimum Gasteiger partial charge on any atom is -0.356 e. The van der Waals surface area contributed by atoms with E-state index in [0.29, 0.717) is 12.8 Å². The highest BCUT2D eigenvalue weighted by atomic mass is 16.2. The van der Waals surface area contributed by atoms with Gasteiger partial charge in [0.1, 0.15) is 5.54 Å². The van der Waals surface area contributed by atoms with Gasteiger partial charge in [0, 0.05) is 6.54 Å². The summed E-state index contributed by atoms with van der Waals surface area (Å²) in [6.07, 6.45) is 1.90. The minimum absolute atomic E-state index is 0.0822. The first kappa shape index (κ1) is 7.56. The molecule has 0 aromatic rings. The Kier molecular flexibility index (Phi) is 1.25. The van der Waals surface area contributed by atoms with Gasteiger partial charge in [-0.2, -0.15) is 5.26 Å². The average molecular weight is 165 g/mol. The van der Waals surface area contributed by atoms with Gasteiger partial charge >= 0.3 is 0 Å². The normalized spacial score (nSPS) is 45.2. The van der Waals surface area contributed by atoms with Crippen LogP contribution in [0.1, 0.15) is 19.3 Å². The molecule has 1 spiro atoms. The molecule has 1 heterocycles.